The van der Waals surface area contributed by atoms with Crippen LogP contribution in [-0.2, 0) is 27.1 Å². The van der Waals surface area contributed by atoms with Gasteiger partial charge in [0.1, 0.15) is 5.54 Å². The third kappa shape index (κ3) is 3.70. The molecule has 2 unspecified atom stereocenters. The third-order valence-corrected chi connectivity index (χ3v) is 5.56. The van der Waals surface area contributed by atoms with Gasteiger partial charge >= 0.3 is 12.1 Å². The SMILES string of the molecule is CC1(C(=O)O)CCCN1C(=O)C1CC(=O)N(Cc2cccc(C(F)(F)F)c2)C1. The Morgan fingerprint density at radius 3 is 2.68 bits per heavy atom. The zero-order valence-corrected chi connectivity index (χ0v) is 15.3. The van der Waals surface area contributed by atoms with Crippen LogP contribution in [-0.4, -0.2) is 51.3 Å². The lowest BCUT2D eigenvalue weighted by atomic mass is 9.97. The minimum Gasteiger partial charge on any atom is -0.480 e. The molecule has 2 atom stereocenters. The number of halogens is 3. The van der Waals surface area contributed by atoms with Crippen molar-refractivity contribution in [2.45, 2.75) is 44.4 Å². The predicted octanol–water partition coefficient (Wildman–Crippen LogP) is 2.52. The number of carbonyl (C=O) groups is 3. The summed E-state index contributed by atoms with van der Waals surface area (Å²) in [5, 5.41) is 9.46. The van der Waals surface area contributed by atoms with E-state index in [1.54, 1.807) is 0 Å². The second-order valence-electron chi connectivity index (χ2n) is 7.55. The maximum absolute atomic E-state index is 12.9. The standard InChI is InChI=1S/C19H21F3N2O4/c1-18(17(27)28)6-3-7-24(18)16(26)13-9-15(25)23(11-13)10-12-4-2-5-14(8-12)19(20,21)22/h2,4-5,8,13H,3,6-7,9-11H2,1H3,(H,27,28). The van der Waals surface area contributed by atoms with Crippen LogP contribution >= 0.6 is 0 Å². The first-order valence-electron chi connectivity index (χ1n) is 9.01. The zero-order chi connectivity index (χ0) is 20.7. The van der Waals surface area contributed by atoms with Crippen LogP contribution in [0, 0.1) is 5.92 Å². The largest absolute Gasteiger partial charge is 0.480 e. The molecule has 0 spiro atoms. The van der Waals surface area contributed by atoms with Gasteiger partial charge in [-0.25, -0.2) is 4.79 Å². The third-order valence-electron chi connectivity index (χ3n) is 5.56. The topological polar surface area (TPSA) is 77.9 Å². The van der Waals surface area contributed by atoms with Crippen LogP contribution in [0.3, 0.4) is 0 Å². The van der Waals surface area contributed by atoms with Crippen molar-refractivity contribution in [2.24, 2.45) is 5.92 Å². The Morgan fingerprint density at radius 1 is 1.32 bits per heavy atom. The van der Waals surface area contributed by atoms with Gasteiger partial charge < -0.3 is 14.9 Å². The molecule has 0 aliphatic carbocycles. The van der Waals surface area contributed by atoms with Crippen LogP contribution in [0.4, 0.5) is 13.2 Å². The van der Waals surface area contributed by atoms with Gasteiger partial charge in [-0.1, -0.05) is 12.1 Å². The van der Waals surface area contributed by atoms with Crippen LogP contribution in [0.15, 0.2) is 24.3 Å². The number of benzene rings is 1. The summed E-state index contributed by atoms with van der Waals surface area (Å²) in [6, 6.07) is 4.73. The number of aliphatic carboxylic acids is 1. The van der Waals surface area contributed by atoms with Crippen LogP contribution in [0.1, 0.15) is 37.3 Å². The number of carboxylic acids is 1. The number of nitrogens with zero attached hydrogens (tertiary/aromatic N) is 2. The summed E-state index contributed by atoms with van der Waals surface area (Å²) in [6.07, 6.45) is -3.61. The lowest BCUT2D eigenvalue weighted by Gasteiger charge is -2.33. The minimum absolute atomic E-state index is 0.0251. The molecule has 2 fully saturated rings. The van der Waals surface area contributed by atoms with E-state index in [1.807, 2.05) is 0 Å². The van der Waals surface area contributed by atoms with Gasteiger partial charge in [0.25, 0.3) is 0 Å². The number of hydrogen-bond acceptors (Lipinski definition) is 3. The molecule has 0 bridgehead atoms. The van der Waals surface area contributed by atoms with Crippen LogP contribution < -0.4 is 0 Å². The number of carbonyl (C=O) groups excluding carboxylic acids is 2. The van der Waals surface area contributed by atoms with Crippen LogP contribution in [0.2, 0.25) is 0 Å². The Morgan fingerprint density at radius 2 is 2.04 bits per heavy atom. The number of alkyl halides is 3. The summed E-state index contributed by atoms with van der Waals surface area (Å²) in [7, 11) is 0. The molecule has 3 rings (SSSR count). The van der Waals surface area contributed by atoms with Crippen molar-refractivity contribution in [2.75, 3.05) is 13.1 Å². The van der Waals surface area contributed by atoms with E-state index in [2.05, 4.69) is 0 Å². The Balaban J connectivity index is 1.70. The predicted molar refractivity (Wildman–Crippen MR) is 92.0 cm³/mol. The minimum atomic E-state index is -4.47. The van der Waals surface area contributed by atoms with Crippen molar-refractivity contribution < 1.29 is 32.7 Å². The molecule has 152 valence electrons. The molecule has 0 radical (unpaired) electrons. The first kappa shape index (κ1) is 20.2. The van der Waals surface area contributed by atoms with Gasteiger partial charge in [-0.3, -0.25) is 9.59 Å². The molecule has 2 amide bonds. The van der Waals surface area contributed by atoms with E-state index in [0.29, 0.717) is 24.9 Å². The average Bonchev–Trinajstić information content (AvgIpc) is 3.18. The normalized spacial score (nSPS) is 25.4. The highest BCUT2D eigenvalue weighted by Gasteiger charge is 2.49. The molecule has 0 aromatic heterocycles. The number of carboxylic acid groups (broad SMARTS) is 1. The van der Waals surface area contributed by atoms with E-state index < -0.39 is 29.2 Å². The van der Waals surface area contributed by atoms with Gasteiger partial charge in [0.05, 0.1) is 11.5 Å². The van der Waals surface area contributed by atoms with Crippen molar-refractivity contribution in [3.05, 3.63) is 35.4 Å². The lowest BCUT2D eigenvalue weighted by Crippen LogP contribution is -2.52. The van der Waals surface area contributed by atoms with Crippen molar-refractivity contribution in [3.63, 3.8) is 0 Å². The molecule has 28 heavy (non-hydrogen) atoms. The number of amides is 2. The van der Waals surface area contributed by atoms with E-state index in [9.17, 15) is 32.7 Å². The van der Waals surface area contributed by atoms with E-state index >= 15 is 0 Å². The highest BCUT2D eigenvalue weighted by Crippen LogP contribution is 2.34. The smallest absolute Gasteiger partial charge is 0.416 e. The van der Waals surface area contributed by atoms with Gasteiger partial charge in [0.15, 0.2) is 0 Å². The highest BCUT2D eigenvalue weighted by molar-refractivity contribution is 5.93. The molecule has 2 aliphatic rings. The zero-order valence-electron chi connectivity index (χ0n) is 15.3. The molecule has 0 saturated carbocycles. The molecule has 1 N–H and O–H groups in total. The van der Waals surface area contributed by atoms with Crippen LogP contribution in [0.25, 0.3) is 0 Å². The van der Waals surface area contributed by atoms with Gasteiger partial charge in [0.2, 0.25) is 11.8 Å². The van der Waals surface area contributed by atoms with Crippen molar-refractivity contribution in [1.29, 1.82) is 0 Å². The maximum atomic E-state index is 12.9. The van der Waals surface area contributed by atoms with Crippen molar-refractivity contribution in [3.8, 4) is 0 Å². The molecular weight excluding hydrogens is 377 g/mol. The Hall–Kier alpha value is -2.58. The molecule has 6 nitrogen and oxygen atoms in total. The van der Waals surface area contributed by atoms with Crippen molar-refractivity contribution in [1.82, 2.24) is 9.80 Å². The fourth-order valence-electron chi connectivity index (χ4n) is 3.92. The van der Waals surface area contributed by atoms with Crippen LogP contribution in [0.5, 0.6) is 0 Å². The summed E-state index contributed by atoms with van der Waals surface area (Å²) in [6.45, 7) is 1.86. The lowest BCUT2D eigenvalue weighted by molar-refractivity contribution is -0.156. The van der Waals surface area contributed by atoms with Crippen molar-refractivity contribution >= 4 is 17.8 Å². The molecular formula is C19H21F3N2O4. The van der Waals surface area contributed by atoms with Gasteiger partial charge in [-0.2, -0.15) is 13.2 Å². The highest BCUT2D eigenvalue weighted by atomic mass is 19.4. The molecule has 1 aromatic carbocycles. The second kappa shape index (κ2) is 7.10. The monoisotopic (exact) mass is 398 g/mol. The Kier molecular flexibility index (Phi) is 5.12. The maximum Gasteiger partial charge on any atom is 0.416 e. The molecule has 2 heterocycles. The summed E-state index contributed by atoms with van der Waals surface area (Å²) < 4.78 is 38.6. The summed E-state index contributed by atoms with van der Waals surface area (Å²) in [5.41, 5.74) is -1.75. The first-order valence-corrected chi connectivity index (χ1v) is 9.01. The summed E-state index contributed by atoms with van der Waals surface area (Å²) in [4.78, 5) is 39.4. The van der Waals surface area contributed by atoms with E-state index in [4.69, 9.17) is 0 Å². The summed E-state index contributed by atoms with van der Waals surface area (Å²) in [5.74, 6) is -2.48. The Bertz CT molecular complexity index is 811. The molecule has 2 saturated heterocycles. The number of rotatable bonds is 4. The molecule has 2 aliphatic heterocycles. The number of hydrogen-bond donors (Lipinski definition) is 1. The van der Waals surface area contributed by atoms with E-state index in [0.717, 1.165) is 12.1 Å². The second-order valence-corrected chi connectivity index (χ2v) is 7.55. The Labute approximate surface area is 159 Å². The number of likely N-dealkylation sites (tertiary alicyclic amines) is 2. The summed E-state index contributed by atoms with van der Waals surface area (Å²) >= 11 is 0. The first-order chi connectivity index (χ1) is 13.0. The van der Waals surface area contributed by atoms with Gasteiger partial charge in [-0.15, -0.1) is 0 Å². The average molecular weight is 398 g/mol. The van der Waals surface area contributed by atoms with E-state index in [1.165, 1.54) is 28.9 Å². The molecule has 9 heteroatoms. The molecule has 1 aromatic rings. The fraction of sp³-hybridized carbons (Fsp3) is 0.526. The van der Waals surface area contributed by atoms with E-state index in [-0.39, 0.29) is 31.3 Å². The quantitative estimate of drug-likeness (QED) is 0.846. The fourth-order valence-corrected chi connectivity index (χ4v) is 3.92. The van der Waals surface area contributed by atoms with Gasteiger partial charge in [0, 0.05) is 26.1 Å². The van der Waals surface area contributed by atoms with Gasteiger partial charge in [-0.05, 0) is 37.5 Å².